The standard InChI is InChI=1S/C10H13ClN2O4S/c1-2-18(16,17)7-6-12-9-5-3-4-8(11)10(9)13(14)15/h3-5,12H,2,6-7H2,1H3. The average molecular weight is 293 g/mol. The van der Waals surface area contributed by atoms with E-state index in [-0.39, 0.29) is 34.4 Å². The van der Waals surface area contributed by atoms with Crippen molar-refractivity contribution in [2.75, 3.05) is 23.4 Å². The number of sulfone groups is 1. The molecule has 0 fully saturated rings. The van der Waals surface area contributed by atoms with Crippen molar-refractivity contribution in [3.8, 4) is 0 Å². The zero-order valence-electron chi connectivity index (χ0n) is 9.72. The van der Waals surface area contributed by atoms with Crippen molar-refractivity contribution in [2.24, 2.45) is 0 Å². The van der Waals surface area contributed by atoms with E-state index in [9.17, 15) is 18.5 Å². The van der Waals surface area contributed by atoms with Crippen LogP contribution in [0.1, 0.15) is 6.92 Å². The fourth-order valence-corrected chi connectivity index (χ4v) is 2.27. The number of benzene rings is 1. The maximum atomic E-state index is 11.3. The van der Waals surface area contributed by atoms with E-state index in [2.05, 4.69) is 5.32 Å². The molecular formula is C10H13ClN2O4S. The molecule has 0 spiro atoms. The lowest BCUT2D eigenvalue weighted by atomic mass is 10.2. The predicted octanol–water partition coefficient (Wildman–Crippen LogP) is 2.09. The fourth-order valence-electron chi connectivity index (χ4n) is 1.33. The van der Waals surface area contributed by atoms with Crippen LogP contribution < -0.4 is 5.32 Å². The van der Waals surface area contributed by atoms with E-state index in [4.69, 9.17) is 11.6 Å². The van der Waals surface area contributed by atoms with E-state index >= 15 is 0 Å². The fraction of sp³-hybridized carbons (Fsp3) is 0.400. The summed E-state index contributed by atoms with van der Waals surface area (Å²) in [7, 11) is -3.10. The lowest BCUT2D eigenvalue weighted by molar-refractivity contribution is -0.383. The molecule has 1 aromatic rings. The summed E-state index contributed by atoms with van der Waals surface area (Å²) in [5.41, 5.74) is -0.0214. The van der Waals surface area contributed by atoms with Gasteiger partial charge in [-0.3, -0.25) is 10.1 Å². The topological polar surface area (TPSA) is 89.3 Å². The first kappa shape index (κ1) is 14.7. The zero-order valence-corrected chi connectivity index (χ0v) is 11.3. The summed E-state index contributed by atoms with van der Waals surface area (Å²) in [6, 6.07) is 4.46. The summed E-state index contributed by atoms with van der Waals surface area (Å²) >= 11 is 5.72. The summed E-state index contributed by atoms with van der Waals surface area (Å²) in [4.78, 5) is 10.2. The summed E-state index contributed by atoms with van der Waals surface area (Å²) in [6.45, 7) is 1.66. The van der Waals surface area contributed by atoms with Crippen molar-refractivity contribution in [1.82, 2.24) is 0 Å². The van der Waals surface area contributed by atoms with Gasteiger partial charge < -0.3 is 5.32 Å². The van der Waals surface area contributed by atoms with Gasteiger partial charge in [-0.1, -0.05) is 24.6 Å². The molecule has 18 heavy (non-hydrogen) atoms. The van der Waals surface area contributed by atoms with Gasteiger partial charge in [-0.2, -0.15) is 0 Å². The number of halogens is 1. The van der Waals surface area contributed by atoms with Gasteiger partial charge in [0.25, 0.3) is 0 Å². The van der Waals surface area contributed by atoms with Gasteiger partial charge in [0, 0.05) is 12.3 Å². The molecule has 6 nitrogen and oxygen atoms in total. The highest BCUT2D eigenvalue weighted by Crippen LogP contribution is 2.31. The lowest BCUT2D eigenvalue weighted by Gasteiger charge is -2.07. The zero-order chi connectivity index (χ0) is 13.8. The van der Waals surface area contributed by atoms with Crippen molar-refractivity contribution in [2.45, 2.75) is 6.92 Å². The number of anilines is 1. The number of para-hydroxylation sites is 1. The molecule has 0 aliphatic carbocycles. The number of nitro groups is 1. The van der Waals surface area contributed by atoms with Crippen LogP contribution in [0, 0.1) is 10.1 Å². The number of hydrogen-bond acceptors (Lipinski definition) is 5. The van der Waals surface area contributed by atoms with Gasteiger partial charge in [0.05, 0.1) is 10.7 Å². The molecule has 100 valence electrons. The second-order valence-corrected chi connectivity index (χ2v) is 6.44. The molecule has 0 bridgehead atoms. The Hall–Kier alpha value is -1.34. The Morgan fingerprint density at radius 3 is 2.67 bits per heavy atom. The second-order valence-electron chi connectivity index (χ2n) is 3.56. The quantitative estimate of drug-likeness (QED) is 0.640. The van der Waals surface area contributed by atoms with Crippen molar-refractivity contribution in [3.05, 3.63) is 33.3 Å². The van der Waals surface area contributed by atoms with Crippen molar-refractivity contribution < 1.29 is 13.3 Å². The lowest BCUT2D eigenvalue weighted by Crippen LogP contribution is -2.17. The van der Waals surface area contributed by atoms with Gasteiger partial charge in [-0.05, 0) is 12.1 Å². The molecule has 0 amide bonds. The van der Waals surface area contributed by atoms with Crippen LogP contribution in [0.15, 0.2) is 18.2 Å². The maximum Gasteiger partial charge on any atom is 0.310 e. The minimum atomic E-state index is -3.10. The Labute approximate surface area is 110 Å². The molecule has 1 rings (SSSR count). The van der Waals surface area contributed by atoms with E-state index in [1.165, 1.54) is 12.1 Å². The molecule has 8 heteroatoms. The highest BCUT2D eigenvalue weighted by atomic mass is 35.5. The van der Waals surface area contributed by atoms with Crippen LogP contribution >= 0.6 is 11.6 Å². The molecule has 0 aliphatic heterocycles. The van der Waals surface area contributed by atoms with Crippen LogP contribution in [0.3, 0.4) is 0 Å². The Morgan fingerprint density at radius 1 is 1.44 bits per heavy atom. The third-order valence-electron chi connectivity index (χ3n) is 2.34. The minimum Gasteiger partial charge on any atom is -0.378 e. The predicted molar refractivity (Wildman–Crippen MR) is 70.9 cm³/mol. The van der Waals surface area contributed by atoms with Gasteiger partial charge in [-0.15, -0.1) is 0 Å². The molecule has 1 N–H and O–H groups in total. The first-order valence-electron chi connectivity index (χ1n) is 5.24. The monoisotopic (exact) mass is 292 g/mol. The maximum absolute atomic E-state index is 11.3. The van der Waals surface area contributed by atoms with Gasteiger partial charge >= 0.3 is 5.69 Å². The van der Waals surface area contributed by atoms with Gasteiger partial charge in [-0.25, -0.2) is 8.42 Å². The van der Waals surface area contributed by atoms with E-state index in [0.717, 1.165) is 0 Å². The van der Waals surface area contributed by atoms with Crippen LogP contribution in [-0.4, -0.2) is 31.4 Å². The average Bonchev–Trinajstić information content (AvgIpc) is 2.28. The van der Waals surface area contributed by atoms with E-state index in [1.54, 1.807) is 13.0 Å². The molecule has 0 atom stereocenters. The minimum absolute atomic E-state index is 0.0170. The third-order valence-corrected chi connectivity index (χ3v) is 4.35. The van der Waals surface area contributed by atoms with Crippen LogP contribution in [0.4, 0.5) is 11.4 Å². The Morgan fingerprint density at radius 2 is 2.11 bits per heavy atom. The van der Waals surface area contributed by atoms with Crippen LogP contribution in [0.2, 0.25) is 5.02 Å². The number of nitro benzene ring substituents is 1. The molecule has 0 aromatic heterocycles. The van der Waals surface area contributed by atoms with Gasteiger partial charge in [0.1, 0.15) is 10.7 Å². The normalized spacial score (nSPS) is 11.2. The number of nitrogens with zero attached hydrogens (tertiary/aromatic N) is 1. The van der Waals surface area contributed by atoms with Crippen LogP contribution in [0.25, 0.3) is 0 Å². The van der Waals surface area contributed by atoms with Crippen LogP contribution in [-0.2, 0) is 9.84 Å². The third kappa shape index (κ3) is 3.85. The Bertz CT molecular complexity index is 545. The van der Waals surface area contributed by atoms with Crippen molar-refractivity contribution in [1.29, 1.82) is 0 Å². The largest absolute Gasteiger partial charge is 0.378 e. The van der Waals surface area contributed by atoms with Crippen molar-refractivity contribution >= 4 is 32.8 Å². The van der Waals surface area contributed by atoms with Crippen LogP contribution in [0.5, 0.6) is 0 Å². The number of nitrogens with one attached hydrogen (secondary N) is 1. The number of hydrogen-bond donors (Lipinski definition) is 1. The SMILES string of the molecule is CCS(=O)(=O)CCNc1cccc(Cl)c1[N+](=O)[O-]. The smallest absolute Gasteiger partial charge is 0.310 e. The molecule has 0 radical (unpaired) electrons. The van der Waals surface area contributed by atoms with E-state index in [0.29, 0.717) is 0 Å². The second kappa shape index (κ2) is 6.01. The molecule has 0 aliphatic rings. The molecule has 0 unspecified atom stereocenters. The highest BCUT2D eigenvalue weighted by Gasteiger charge is 2.18. The van der Waals surface area contributed by atoms with E-state index < -0.39 is 14.8 Å². The molecule has 0 heterocycles. The van der Waals surface area contributed by atoms with Gasteiger partial charge in [0.2, 0.25) is 0 Å². The summed E-state index contributed by atoms with van der Waals surface area (Å²) in [5, 5.41) is 13.6. The molecular weight excluding hydrogens is 280 g/mol. The summed E-state index contributed by atoms with van der Waals surface area (Å²) < 4.78 is 22.6. The molecule has 1 aromatic carbocycles. The molecule has 0 saturated heterocycles. The Balaban J connectivity index is 2.80. The van der Waals surface area contributed by atoms with Gasteiger partial charge in [0.15, 0.2) is 9.84 Å². The highest BCUT2D eigenvalue weighted by molar-refractivity contribution is 7.91. The molecule has 0 saturated carbocycles. The first-order chi connectivity index (χ1) is 8.37. The summed E-state index contributed by atoms with van der Waals surface area (Å²) in [5.74, 6) is -0.0283. The summed E-state index contributed by atoms with van der Waals surface area (Å²) in [6.07, 6.45) is 0. The van der Waals surface area contributed by atoms with Crippen molar-refractivity contribution in [3.63, 3.8) is 0 Å². The Kier molecular flexibility index (Phi) is 4.92. The van der Waals surface area contributed by atoms with E-state index in [1.807, 2.05) is 0 Å². The number of rotatable bonds is 6. The first-order valence-corrected chi connectivity index (χ1v) is 7.44.